The van der Waals surface area contributed by atoms with Crippen LogP contribution in [0, 0.1) is 0 Å². The van der Waals surface area contributed by atoms with E-state index in [1.165, 1.54) is 0 Å². The van der Waals surface area contributed by atoms with Crippen LogP contribution in [0.25, 0.3) is 0 Å². The quantitative estimate of drug-likeness (QED) is 0.754. The van der Waals surface area contributed by atoms with Gasteiger partial charge in [0.05, 0.1) is 0 Å². The summed E-state index contributed by atoms with van der Waals surface area (Å²) in [5.74, 6) is 1.30. The fourth-order valence-corrected chi connectivity index (χ4v) is 1.05. The van der Waals surface area contributed by atoms with E-state index in [9.17, 15) is 0 Å². The van der Waals surface area contributed by atoms with Crippen LogP contribution in [-0.4, -0.2) is 23.6 Å². The van der Waals surface area contributed by atoms with Crippen molar-refractivity contribution < 1.29 is 4.74 Å². The average molecular weight is 202 g/mol. The second-order valence-electron chi connectivity index (χ2n) is 2.38. The predicted molar refractivity (Wildman–Crippen MR) is 51.9 cm³/mol. The fourth-order valence-electron chi connectivity index (χ4n) is 0.851. The summed E-state index contributed by atoms with van der Waals surface area (Å²) < 4.78 is 5.16. The fraction of sp³-hybridized carbons (Fsp3) is 0.500. The molecule has 0 amide bonds. The van der Waals surface area contributed by atoms with Gasteiger partial charge >= 0.3 is 0 Å². The molecular weight excluding hydrogens is 190 g/mol. The lowest BCUT2D eigenvalue weighted by molar-refractivity contribution is 0.128. The third-order valence-corrected chi connectivity index (χ3v) is 1.63. The van der Waals surface area contributed by atoms with Crippen LogP contribution in [0.15, 0.2) is 6.07 Å². The Balaban J connectivity index is 2.76. The molecule has 5 heteroatoms. The molecule has 0 aliphatic carbocycles. The summed E-state index contributed by atoms with van der Waals surface area (Å²) in [5, 5.41) is 3.32. The Labute approximate surface area is 82.3 Å². The number of anilines is 1. The predicted octanol–water partition coefficient (Wildman–Crippen LogP) is 1.71. The minimum absolute atomic E-state index is 0.395. The Bertz CT molecular complexity index is 280. The Morgan fingerprint density at radius 2 is 2.31 bits per heavy atom. The molecule has 72 valence electrons. The van der Waals surface area contributed by atoms with Gasteiger partial charge in [-0.1, -0.05) is 11.6 Å². The van der Waals surface area contributed by atoms with Gasteiger partial charge in [0.2, 0.25) is 0 Å². The number of aromatic nitrogens is 2. The van der Waals surface area contributed by atoms with Crippen molar-refractivity contribution in [1.82, 2.24) is 9.97 Å². The Morgan fingerprint density at radius 3 is 2.92 bits per heavy atom. The molecule has 0 spiro atoms. The zero-order chi connectivity index (χ0) is 9.68. The SMILES string of the molecule is CCOCc1nc(Cl)cc(NC)n1. The number of ether oxygens (including phenoxy) is 1. The van der Waals surface area contributed by atoms with E-state index >= 15 is 0 Å². The Morgan fingerprint density at radius 1 is 1.54 bits per heavy atom. The third-order valence-electron chi connectivity index (χ3n) is 1.43. The first-order valence-electron chi connectivity index (χ1n) is 4.05. The number of nitrogens with zero attached hydrogens (tertiary/aromatic N) is 2. The molecule has 0 aliphatic heterocycles. The summed E-state index contributed by atoms with van der Waals surface area (Å²) in [6.07, 6.45) is 0. The van der Waals surface area contributed by atoms with Crippen molar-refractivity contribution in [3.05, 3.63) is 17.0 Å². The Kier molecular flexibility index (Phi) is 3.92. The van der Waals surface area contributed by atoms with Crippen LogP contribution in [0.2, 0.25) is 5.15 Å². The number of hydrogen-bond donors (Lipinski definition) is 1. The highest BCUT2D eigenvalue weighted by Crippen LogP contribution is 2.11. The van der Waals surface area contributed by atoms with Crippen LogP contribution in [0.3, 0.4) is 0 Å². The van der Waals surface area contributed by atoms with Gasteiger partial charge in [0, 0.05) is 19.7 Å². The van der Waals surface area contributed by atoms with E-state index in [-0.39, 0.29) is 0 Å². The normalized spacial score (nSPS) is 10.1. The van der Waals surface area contributed by atoms with Crippen LogP contribution in [0.1, 0.15) is 12.7 Å². The topological polar surface area (TPSA) is 47.0 Å². The molecule has 1 aromatic heterocycles. The van der Waals surface area contributed by atoms with E-state index in [4.69, 9.17) is 16.3 Å². The molecule has 4 nitrogen and oxygen atoms in total. The molecule has 0 saturated heterocycles. The van der Waals surface area contributed by atoms with Gasteiger partial charge in [-0.25, -0.2) is 9.97 Å². The van der Waals surface area contributed by atoms with Gasteiger partial charge in [-0.05, 0) is 6.92 Å². The standard InChI is InChI=1S/C8H12ClN3O/c1-3-13-5-8-11-6(9)4-7(10-2)12-8/h4H,3,5H2,1-2H3,(H,10,11,12). The second-order valence-corrected chi connectivity index (χ2v) is 2.77. The van der Waals surface area contributed by atoms with Gasteiger partial charge in [-0.15, -0.1) is 0 Å². The zero-order valence-corrected chi connectivity index (χ0v) is 8.43. The molecule has 0 bridgehead atoms. The molecule has 0 saturated carbocycles. The summed E-state index contributed by atoms with van der Waals surface area (Å²) in [4.78, 5) is 8.17. The maximum absolute atomic E-state index is 5.76. The molecule has 0 aromatic carbocycles. The van der Waals surface area contributed by atoms with Crippen molar-refractivity contribution in [3.8, 4) is 0 Å². The van der Waals surface area contributed by atoms with Crippen LogP contribution < -0.4 is 5.32 Å². The molecule has 13 heavy (non-hydrogen) atoms. The number of nitrogens with one attached hydrogen (secondary N) is 1. The summed E-state index contributed by atoms with van der Waals surface area (Å²) in [5.41, 5.74) is 0. The van der Waals surface area contributed by atoms with Crippen molar-refractivity contribution in [2.45, 2.75) is 13.5 Å². The van der Waals surface area contributed by atoms with Crippen LogP contribution in [-0.2, 0) is 11.3 Å². The average Bonchev–Trinajstić information content (AvgIpc) is 2.14. The molecule has 0 atom stereocenters. The smallest absolute Gasteiger partial charge is 0.158 e. The first-order chi connectivity index (χ1) is 6.26. The summed E-state index contributed by atoms with van der Waals surface area (Å²) in [7, 11) is 1.78. The van der Waals surface area contributed by atoms with Gasteiger partial charge in [0.1, 0.15) is 17.6 Å². The maximum Gasteiger partial charge on any atom is 0.158 e. The van der Waals surface area contributed by atoms with E-state index in [2.05, 4.69) is 15.3 Å². The van der Waals surface area contributed by atoms with Crippen molar-refractivity contribution in [2.75, 3.05) is 19.0 Å². The molecule has 0 aliphatic rings. The van der Waals surface area contributed by atoms with Crippen LogP contribution in [0.4, 0.5) is 5.82 Å². The van der Waals surface area contributed by atoms with E-state index in [0.29, 0.717) is 30.0 Å². The highest BCUT2D eigenvalue weighted by atomic mass is 35.5. The van der Waals surface area contributed by atoms with Crippen molar-refractivity contribution in [3.63, 3.8) is 0 Å². The number of rotatable bonds is 4. The molecule has 0 unspecified atom stereocenters. The van der Waals surface area contributed by atoms with E-state index in [1.54, 1.807) is 13.1 Å². The number of halogens is 1. The minimum atomic E-state index is 0.395. The number of hydrogen-bond acceptors (Lipinski definition) is 4. The molecule has 1 rings (SSSR count). The first kappa shape index (κ1) is 10.2. The molecule has 0 fully saturated rings. The summed E-state index contributed by atoms with van der Waals surface area (Å²) in [6, 6.07) is 1.66. The summed E-state index contributed by atoms with van der Waals surface area (Å²) >= 11 is 5.76. The highest BCUT2D eigenvalue weighted by molar-refractivity contribution is 6.29. The third kappa shape index (κ3) is 3.16. The van der Waals surface area contributed by atoms with E-state index < -0.39 is 0 Å². The Hall–Kier alpha value is -0.870. The molecule has 0 radical (unpaired) electrons. The van der Waals surface area contributed by atoms with Gasteiger partial charge in [0.25, 0.3) is 0 Å². The molecule has 1 heterocycles. The van der Waals surface area contributed by atoms with Gasteiger partial charge in [0.15, 0.2) is 5.82 Å². The van der Waals surface area contributed by atoms with Crippen molar-refractivity contribution in [1.29, 1.82) is 0 Å². The molecule has 1 aromatic rings. The minimum Gasteiger partial charge on any atom is -0.374 e. The monoisotopic (exact) mass is 201 g/mol. The van der Waals surface area contributed by atoms with Crippen molar-refractivity contribution >= 4 is 17.4 Å². The van der Waals surface area contributed by atoms with Crippen molar-refractivity contribution in [2.24, 2.45) is 0 Å². The second kappa shape index (κ2) is 4.99. The lowest BCUT2D eigenvalue weighted by Gasteiger charge is -2.03. The van der Waals surface area contributed by atoms with E-state index in [1.807, 2.05) is 6.92 Å². The van der Waals surface area contributed by atoms with Gasteiger partial charge < -0.3 is 10.1 Å². The maximum atomic E-state index is 5.76. The van der Waals surface area contributed by atoms with Crippen LogP contribution in [0.5, 0.6) is 0 Å². The van der Waals surface area contributed by atoms with E-state index in [0.717, 1.165) is 0 Å². The van der Waals surface area contributed by atoms with Gasteiger partial charge in [-0.2, -0.15) is 0 Å². The summed E-state index contributed by atoms with van der Waals surface area (Å²) in [6.45, 7) is 2.96. The molecular formula is C8H12ClN3O. The molecule has 1 N–H and O–H groups in total. The van der Waals surface area contributed by atoms with Crippen LogP contribution >= 0.6 is 11.6 Å². The highest BCUT2D eigenvalue weighted by Gasteiger charge is 2.01. The zero-order valence-electron chi connectivity index (χ0n) is 7.67. The lowest BCUT2D eigenvalue weighted by atomic mass is 10.5. The van der Waals surface area contributed by atoms with Gasteiger partial charge in [-0.3, -0.25) is 0 Å². The largest absolute Gasteiger partial charge is 0.374 e. The first-order valence-corrected chi connectivity index (χ1v) is 4.43. The lowest BCUT2D eigenvalue weighted by Crippen LogP contribution is -2.02.